The van der Waals surface area contributed by atoms with Crippen LogP contribution in [0.4, 0.5) is 4.39 Å². The van der Waals surface area contributed by atoms with E-state index in [0.29, 0.717) is 6.61 Å². The molecule has 1 aromatic rings. The summed E-state index contributed by atoms with van der Waals surface area (Å²) in [6.07, 6.45) is 2.04. The van der Waals surface area contributed by atoms with E-state index in [-0.39, 0.29) is 5.82 Å². The van der Waals surface area contributed by atoms with Crippen LogP contribution in [0.3, 0.4) is 0 Å². The van der Waals surface area contributed by atoms with Gasteiger partial charge in [-0.3, -0.25) is 0 Å². The average Bonchev–Trinajstić information content (AvgIpc) is 2.13. The third-order valence-corrected chi connectivity index (χ3v) is 1.52. The Labute approximate surface area is 79.2 Å². The molecule has 0 spiro atoms. The van der Waals surface area contributed by atoms with E-state index >= 15 is 0 Å². The van der Waals surface area contributed by atoms with Crippen molar-refractivity contribution >= 4 is 0 Å². The maximum atomic E-state index is 12.1. The van der Waals surface area contributed by atoms with Crippen molar-refractivity contribution in [3.05, 3.63) is 35.6 Å². The van der Waals surface area contributed by atoms with Gasteiger partial charge in [-0.15, -0.1) is 0 Å². The topological polar surface area (TPSA) is 20.2 Å². The Bertz CT molecular complexity index is 183. The molecule has 2 heteroatoms. The first-order chi connectivity index (χ1) is 6.20. The number of rotatable bonds is 2. The van der Waals surface area contributed by atoms with Gasteiger partial charge < -0.3 is 5.11 Å². The first kappa shape index (κ1) is 12.1. The molecule has 0 fully saturated rings. The number of benzene rings is 1. The third kappa shape index (κ3) is 7.47. The van der Waals surface area contributed by atoms with Crippen molar-refractivity contribution in [3.63, 3.8) is 0 Å². The molecule has 0 aliphatic rings. The van der Waals surface area contributed by atoms with Crippen molar-refractivity contribution in [2.75, 3.05) is 6.61 Å². The molecule has 0 radical (unpaired) electrons. The molecule has 1 rings (SSSR count). The fourth-order valence-corrected chi connectivity index (χ4v) is 0.691. The monoisotopic (exact) mass is 184 g/mol. The van der Waals surface area contributed by atoms with Gasteiger partial charge in [-0.1, -0.05) is 31.0 Å². The predicted octanol–water partition coefficient (Wildman–Crippen LogP) is 2.91. The molecule has 0 heterocycles. The van der Waals surface area contributed by atoms with Crippen LogP contribution in [0.2, 0.25) is 0 Å². The molecule has 0 aliphatic heterocycles. The zero-order chi connectivity index (χ0) is 10.1. The van der Waals surface area contributed by atoms with E-state index in [9.17, 15) is 4.39 Å². The predicted molar refractivity (Wildman–Crippen MR) is 53.1 cm³/mol. The molecule has 1 N–H and O–H groups in total. The Morgan fingerprint density at radius 1 is 1.23 bits per heavy atom. The summed E-state index contributed by atoms with van der Waals surface area (Å²) in [5, 5.41) is 8.07. The van der Waals surface area contributed by atoms with Crippen LogP contribution in [-0.2, 0) is 0 Å². The van der Waals surface area contributed by atoms with Gasteiger partial charge in [-0.05, 0) is 25.5 Å². The quantitative estimate of drug-likeness (QED) is 0.749. The summed E-state index contributed by atoms with van der Waals surface area (Å²) in [5.74, 6) is -0.171. The van der Waals surface area contributed by atoms with Crippen LogP contribution in [0.1, 0.15) is 25.3 Å². The minimum atomic E-state index is -0.171. The fraction of sp³-hybridized carbons (Fsp3) is 0.455. The van der Waals surface area contributed by atoms with E-state index in [1.54, 1.807) is 12.1 Å². The molecule has 13 heavy (non-hydrogen) atoms. The van der Waals surface area contributed by atoms with Crippen LogP contribution in [0.15, 0.2) is 24.3 Å². The summed E-state index contributed by atoms with van der Waals surface area (Å²) >= 11 is 0. The minimum absolute atomic E-state index is 0.171. The molecular weight excluding hydrogens is 167 g/mol. The lowest BCUT2D eigenvalue weighted by Gasteiger charge is -1.87. The first-order valence-electron chi connectivity index (χ1n) is 4.53. The van der Waals surface area contributed by atoms with Crippen molar-refractivity contribution in [2.24, 2.45) is 0 Å². The van der Waals surface area contributed by atoms with Crippen molar-refractivity contribution < 1.29 is 9.50 Å². The van der Waals surface area contributed by atoms with Gasteiger partial charge in [0.25, 0.3) is 0 Å². The SMILES string of the molecule is CCCCO.Cc1ccc(F)cc1. The molecule has 1 nitrogen and oxygen atoms in total. The highest BCUT2D eigenvalue weighted by molar-refractivity contribution is 5.13. The maximum absolute atomic E-state index is 12.1. The lowest BCUT2D eigenvalue weighted by atomic mass is 10.2. The minimum Gasteiger partial charge on any atom is -0.396 e. The van der Waals surface area contributed by atoms with Crippen LogP contribution in [0, 0.1) is 12.7 Å². The molecule has 0 aromatic heterocycles. The van der Waals surface area contributed by atoms with Gasteiger partial charge in [0.15, 0.2) is 0 Å². The highest BCUT2D eigenvalue weighted by atomic mass is 19.1. The first-order valence-corrected chi connectivity index (χ1v) is 4.53. The lowest BCUT2D eigenvalue weighted by Crippen LogP contribution is -1.75. The van der Waals surface area contributed by atoms with Gasteiger partial charge in [-0.2, -0.15) is 0 Å². The Kier molecular flexibility index (Phi) is 7.21. The van der Waals surface area contributed by atoms with E-state index < -0.39 is 0 Å². The van der Waals surface area contributed by atoms with E-state index in [2.05, 4.69) is 6.92 Å². The molecule has 0 saturated heterocycles. The molecule has 0 aliphatic carbocycles. The molecule has 1 aromatic carbocycles. The second kappa shape index (κ2) is 7.74. The Morgan fingerprint density at radius 2 is 1.77 bits per heavy atom. The van der Waals surface area contributed by atoms with Gasteiger partial charge in [-0.25, -0.2) is 4.39 Å². The number of unbranched alkanes of at least 4 members (excludes halogenated alkanes) is 1. The van der Waals surface area contributed by atoms with Crippen LogP contribution in [0.25, 0.3) is 0 Å². The Morgan fingerprint density at radius 3 is 2.00 bits per heavy atom. The number of aliphatic hydroxyl groups excluding tert-OH is 1. The fourth-order valence-electron chi connectivity index (χ4n) is 0.691. The Hall–Kier alpha value is -0.890. The zero-order valence-electron chi connectivity index (χ0n) is 8.26. The summed E-state index contributed by atoms with van der Waals surface area (Å²) in [6, 6.07) is 6.40. The molecule has 0 saturated carbocycles. The highest BCUT2D eigenvalue weighted by Gasteiger charge is 1.83. The number of hydrogen-bond acceptors (Lipinski definition) is 1. The summed E-state index contributed by atoms with van der Waals surface area (Å²) in [5.41, 5.74) is 1.09. The molecule has 0 unspecified atom stereocenters. The van der Waals surface area contributed by atoms with Crippen molar-refractivity contribution in [2.45, 2.75) is 26.7 Å². The number of aliphatic hydroxyl groups is 1. The Balaban J connectivity index is 0.000000252. The van der Waals surface area contributed by atoms with Gasteiger partial charge >= 0.3 is 0 Å². The molecule has 0 amide bonds. The van der Waals surface area contributed by atoms with E-state index in [1.165, 1.54) is 12.1 Å². The smallest absolute Gasteiger partial charge is 0.123 e. The van der Waals surface area contributed by atoms with Crippen LogP contribution in [0.5, 0.6) is 0 Å². The maximum Gasteiger partial charge on any atom is 0.123 e. The second-order valence-electron chi connectivity index (χ2n) is 2.87. The number of aryl methyl sites for hydroxylation is 1. The van der Waals surface area contributed by atoms with Crippen LogP contribution >= 0.6 is 0 Å². The van der Waals surface area contributed by atoms with Gasteiger partial charge in [0.1, 0.15) is 5.82 Å². The highest BCUT2D eigenvalue weighted by Crippen LogP contribution is 1.98. The van der Waals surface area contributed by atoms with Crippen molar-refractivity contribution in [1.82, 2.24) is 0 Å². The van der Waals surface area contributed by atoms with Crippen molar-refractivity contribution in [3.8, 4) is 0 Å². The second-order valence-corrected chi connectivity index (χ2v) is 2.87. The molecular formula is C11H17FO. The normalized spacial score (nSPS) is 8.92. The summed E-state index contributed by atoms with van der Waals surface area (Å²) < 4.78 is 12.1. The third-order valence-electron chi connectivity index (χ3n) is 1.52. The van der Waals surface area contributed by atoms with E-state index in [1.807, 2.05) is 6.92 Å². The largest absolute Gasteiger partial charge is 0.396 e. The summed E-state index contributed by atoms with van der Waals surface area (Å²) in [6.45, 7) is 4.33. The van der Waals surface area contributed by atoms with Gasteiger partial charge in [0.2, 0.25) is 0 Å². The van der Waals surface area contributed by atoms with Gasteiger partial charge in [0, 0.05) is 6.61 Å². The van der Waals surface area contributed by atoms with Crippen molar-refractivity contribution in [1.29, 1.82) is 0 Å². The average molecular weight is 184 g/mol. The summed E-state index contributed by atoms with van der Waals surface area (Å²) in [4.78, 5) is 0. The summed E-state index contributed by atoms with van der Waals surface area (Å²) in [7, 11) is 0. The number of hydrogen-bond donors (Lipinski definition) is 1. The molecule has 0 bridgehead atoms. The molecule has 0 atom stereocenters. The molecule has 74 valence electrons. The van der Waals surface area contributed by atoms with Crippen LogP contribution in [-0.4, -0.2) is 11.7 Å². The van der Waals surface area contributed by atoms with E-state index in [4.69, 9.17) is 5.11 Å². The van der Waals surface area contributed by atoms with Gasteiger partial charge in [0.05, 0.1) is 0 Å². The standard InChI is InChI=1S/C7H7F.C4H10O/c1-6-2-4-7(8)5-3-6;1-2-3-4-5/h2-5H,1H3;5H,2-4H2,1H3. The van der Waals surface area contributed by atoms with E-state index in [0.717, 1.165) is 18.4 Å². The number of halogens is 1. The van der Waals surface area contributed by atoms with Crippen LogP contribution < -0.4 is 0 Å². The lowest BCUT2D eigenvalue weighted by molar-refractivity contribution is 0.287. The zero-order valence-corrected chi connectivity index (χ0v) is 8.26.